The highest BCUT2D eigenvalue weighted by atomic mass is 35.5. The van der Waals surface area contributed by atoms with Crippen molar-refractivity contribution in [3.8, 4) is 11.4 Å². The van der Waals surface area contributed by atoms with Gasteiger partial charge in [-0.1, -0.05) is 11.6 Å². The van der Waals surface area contributed by atoms with Crippen molar-refractivity contribution in [1.29, 1.82) is 0 Å². The number of benzene rings is 1. The van der Waals surface area contributed by atoms with E-state index < -0.39 is 5.82 Å². The van der Waals surface area contributed by atoms with E-state index in [0.29, 0.717) is 17.3 Å². The number of nitrogens with zero attached hydrogens (tertiary/aromatic N) is 3. The molecule has 0 spiro atoms. The molecule has 27 heavy (non-hydrogen) atoms. The van der Waals surface area contributed by atoms with Gasteiger partial charge in [0.2, 0.25) is 0 Å². The van der Waals surface area contributed by atoms with E-state index >= 15 is 0 Å². The number of thiophene rings is 1. The number of aromatic nitrogens is 2. The first kappa shape index (κ1) is 18.6. The molecular weight excluding hydrogens is 383 g/mol. The quantitative estimate of drug-likeness (QED) is 0.661. The van der Waals surface area contributed by atoms with Crippen LogP contribution < -0.4 is 10.2 Å². The van der Waals surface area contributed by atoms with E-state index in [1.807, 2.05) is 25.1 Å². The van der Waals surface area contributed by atoms with Gasteiger partial charge in [0.05, 0.1) is 20.9 Å². The maximum absolute atomic E-state index is 14.3. The molecule has 7 heteroatoms. The van der Waals surface area contributed by atoms with Crippen LogP contribution in [0.4, 0.5) is 10.1 Å². The summed E-state index contributed by atoms with van der Waals surface area (Å²) in [6.07, 6.45) is 3.29. The minimum Gasteiger partial charge on any atom is -0.377 e. The zero-order valence-electron chi connectivity index (χ0n) is 15.4. The summed E-state index contributed by atoms with van der Waals surface area (Å²) in [7, 11) is 3.82. The molecule has 1 unspecified atom stereocenters. The van der Waals surface area contributed by atoms with Crippen molar-refractivity contribution >= 4 is 38.8 Å². The van der Waals surface area contributed by atoms with Crippen molar-refractivity contribution in [3.63, 3.8) is 0 Å². The minimum atomic E-state index is -0.452. The Labute approximate surface area is 167 Å². The molecule has 1 N–H and O–H groups in total. The molecule has 2 aromatic heterocycles. The highest BCUT2D eigenvalue weighted by molar-refractivity contribution is 7.17. The third-order valence-electron chi connectivity index (χ3n) is 5.05. The average molecular weight is 405 g/mol. The highest BCUT2D eigenvalue weighted by Crippen LogP contribution is 2.37. The van der Waals surface area contributed by atoms with E-state index in [4.69, 9.17) is 21.6 Å². The van der Waals surface area contributed by atoms with Crippen LogP contribution in [0.1, 0.15) is 30.9 Å². The molecule has 1 saturated heterocycles. The van der Waals surface area contributed by atoms with Crippen LogP contribution in [0.3, 0.4) is 0 Å². The summed E-state index contributed by atoms with van der Waals surface area (Å²) in [5.41, 5.74) is 3.50. The Balaban J connectivity index is 1.90. The Kier molecular flexibility index (Phi) is 5.30. The lowest BCUT2D eigenvalue weighted by molar-refractivity contribution is 0.598. The van der Waals surface area contributed by atoms with E-state index in [9.17, 15) is 4.39 Å². The monoisotopic (exact) mass is 404 g/mol. The second kappa shape index (κ2) is 7.70. The lowest BCUT2D eigenvalue weighted by Gasteiger charge is -2.19. The molecular formula is C20H22ClFN4S. The standard InChI is InChI=1S/C20H22ClFN4S/c1-26(2)17-11-14(21)15(22)10-13(17)20-24-16-6-9-27-19(16)18(25-20)12-4-3-7-23-8-5-12/h6,9-12,23H,3-5,7-8H2,1-2H3. The molecule has 0 bridgehead atoms. The number of rotatable bonds is 3. The lowest BCUT2D eigenvalue weighted by atomic mass is 9.96. The average Bonchev–Trinajstić information content (AvgIpc) is 2.96. The maximum atomic E-state index is 14.3. The summed E-state index contributed by atoms with van der Waals surface area (Å²) in [4.78, 5) is 11.6. The van der Waals surface area contributed by atoms with Gasteiger partial charge in [-0.3, -0.25) is 0 Å². The lowest BCUT2D eigenvalue weighted by Crippen LogP contribution is -2.14. The summed E-state index contributed by atoms with van der Waals surface area (Å²) < 4.78 is 15.4. The van der Waals surface area contributed by atoms with Crippen LogP contribution in [-0.4, -0.2) is 37.2 Å². The van der Waals surface area contributed by atoms with E-state index in [-0.39, 0.29) is 5.02 Å². The number of halogens is 2. The Morgan fingerprint density at radius 3 is 2.89 bits per heavy atom. The van der Waals surface area contributed by atoms with Crippen LogP contribution in [0.5, 0.6) is 0 Å². The Morgan fingerprint density at radius 2 is 2.07 bits per heavy atom. The predicted octanol–water partition coefficient (Wildman–Crippen LogP) is 5.07. The van der Waals surface area contributed by atoms with Crippen LogP contribution >= 0.6 is 22.9 Å². The van der Waals surface area contributed by atoms with Crippen molar-refractivity contribution in [3.05, 3.63) is 40.1 Å². The van der Waals surface area contributed by atoms with Crippen molar-refractivity contribution in [2.45, 2.75) is 25.2 Å². The smallest absolute Gasteiger partial charge is 0.162 e. The molecule has 4 rings (SSSR count). The normalized spacial score (nSPS) is 17.9. The van der Waals surface area contributed by atoms with Gasteiger partial charge in [-0.25, -0.2) is 14.4 Å². The van der Waals surface area contributed by atoms with E-state index in [1.54, 1.807) is 17.4 Å². The summed E-state index contributed by atoms with van der Waals surface area (Å²) in [6.45, 7) is 2.05. The minimum absolute atomic E-state index is 0.106. The molecule has 4 nitrogen and oxygen atoms in total. The highest BCUT2D eigenvalue weighted by Gasteiger charge is 2.22. The Hall–Kier alpha value is -1.76. The van der Waals surface area contributed by atoms with Crippen molar-refractivity contribution < 1.29 is 4.39 Å². The van der Waals surface area contributed by atoms with Crippen LogP contribution in [-0.2, 0) is 0 Å². The largest absolute Gasteiger partial charge is 0.377 e. The van der Waals surface area contributed by atoms with Crippen molar-refractivity contribution in [2.75, 3.05) is 32.1 Å². The Morgan fingerprint density at radius 1 is 1.22 bits per heavy atom. The third-order valence-corrected chi connectivity index (χ3v) is 6.27. The molecule has 3 heterocycles. The maximum Gasteiger partial charge on any atom is 0.162 e. The molecule has 1 atom stereocenters. The van der Waals surface area contributed by atoms with Gasteiger partial charge in [0, 0.05) is 31.3 Å². The first-order chi connectivity index (χ1) is 13.0. The zero-order valence-corrected chi connectivity index (χ0v) is 17.0. The van der Waals surface area contributed by atoms with Gasteiger partial charge in [0.1, 0.15) is 5.82 Å². The van der Waals surface area contributed by atoms with E-state index in [1.165, 1.54) is 6.07 Å². The van der Waals surface area contributed by atoms with Crippen LogP contribution in [0.2, 0.25) is 5.02 Å². The third kappa shape index (κ3) is 3.66. The fourth-order valence-corrected chi connectivity index (χ4v) is 4.72. The first-order valence-electron chi connectivity index (χ1n) is 9.17. The van der Waals surface area contributed by atoms with Gasteiger partial charge in [-0.15, -0.1) is 11.3 Å². The molecule has 0 saturated carbocycles. The number of hydrogen-bond acceptors (Lipinski definition) is 5. The number of nitrogens with one attached hydrogen (secondary N) is 1. The molecule has 1 aliphatic rings. The van der Waals surface area contributed by atoms with Crippen LogP contribution in [0.25, 0.3) is 21.6 Å². The molecule has 1 aliphatic heterocycles. The van der Waals surface area contributed by atoms with Gasteiger partial charge in [0.15, 0.2) is 5.82 Å². The van der Waals surface area contributed by atoms with Gasteiger partial charge in [0.25, 0.3) is 0 Å². The second-order valence-electron chi connectivity index (χ2n) is 7.12. The van der Waals surface area contributed by atoms with E-state index in [2.05, 4.69) is 10.7 Å². The molecule has 1 fully saturated rings. The second-order valence-corrected chi connectivity index (χ2v) is 8.45. The van der Waals surface area contributed by atoms with Gasteiger partial charge in [-0.05, 0) is 55.9 Å². The number of anilines is 1. The zero-order chi connectivity index (χ0) is 19.0. The fraction of sp³-hybridized carbons (Fsp3) is 0.400. The van der Waals surface area contributed by atoms with Crippen LogP contribution in [0.15, 0.2) is 23.6 Å². The summed E-state index contributed by atoms with van der Waals surface area (Å²) >= 11 is 7.70. The van der Waals surface area contributed by atoms with Crippen molar-refractivity contribution in [1.82, 2.24) is 15.3 Å². The number of hydrogen-bond donors (Lipinski definition) is 1. The van der Waals surface area contributed by atoms with Gasteiger partial charge in [-0.2, -0.15) is 0 Å². The van der Waals surface area contributed by atoms with Crippen LogP contribution in [0, 0.1) is 5.82 Å². The predicted molar refractivity (Wildman–Crippen MR) is 112 cm³/mol. The van der Waals surface area contributed by atoms with Gasteiger partial charge < -0.3 is 10.2 Å². The molecule has 0 amide bonds. The molecule has 142 valence electrons. The molecule has 0 radical (unpaired) electrons. The van der Waals surface area contributed by atoms with E-state index in [0.717, 1.165) is 53.9 Å². The van der Waals surface area contributed by atoms with Gasteiger partial charge >= 0.3 is 0 Å². The van der Waals surface area contributed by atoms with Crippen molar-refractivity contribution in [2.24, 2.45) is 0 Å². The Bertz CT molecular complexity index is 964. The summed E-state index contributed by atoms with van der Waals surface area (Å²) in [6, 6.07) is 5.11. The first-order valence-corrected chi connectivity index (χ1v) is 10.4. The molecule has 3 aromatic rings. The molecule has 1 aromatic carbocycles. The fourth-order valence-electron chi connectivity index (χ4n) is 3.66. The topological polar surface area (TPSA) is 41.1 Å². The number of fused-ring (bicyclic) bond motifs is 1. The SMILES string of the molecule is CN(C)c1cc(Cl)c(F)cc1-c1nc(C2CCCNCC2)c2sccc2n1. The summed E-state index contributed by atoms with van der Waals surface area (Å²) in [5, 5.41) is 5.62. The molecule has 0 aliphatic carbocycles. The summed E-state index contributed by atoms with van der Waals surface area (Å²) in [5.74, 6) is 0.502.